The lowest BCUT2D eigenvalue weighted by Gasteiger charge is -2.26. The zero-order valence-electron chi connectivity index (χ0n) is 8.20. The smallest absolute Gasteiger partial charge is 0.235 e. The molecule has 3 nitrogen and oxygen atoms in total. The Morgan fingerprint density at radius 1 is 1.53 bits per heavy atom. The predicted octanol–water partition coefficient (Wildman–Crippen LogP) is 1.87. The van der Waals surface area contributed by atoms with Gasteiger partial charge < -0.3 is 10.1 Å². The number of halogens is 1. The van der Waals surface area contributed by atoms with Crippen molar-refractivity contribution in [2.75, 3.05) is 12.5 Å². The van der Waals surface area contributed by atoms with Gasteiger partial charge in [0.25, 0.3) is 0 Å². The van der Waals surface area contributed by atoms with Crippen LogP contribution in [0.5, 0.6) is 5.75 Å². The van der Waals surface area contributed by atoms with Crippen LogP contribution >= 0.6 is 11.6 Å². The summed E-state index contributed by atoms with van der Waals surface area (Å²) in [5.74, 6) is 0.710. The molecule has 0 aromatic heterocycles. The molecule has 2 rings (SSSR count). The van der Waals surface area contributed by atoms with E-state index in [1.807, 2.05) is 24.3 Å². The van der Waals surface area contributed by atoms with E-state index < -0.39 is 0 Å². The standard InChI is InChI=1S/C11H12ClNO2/c12-7-11(14)13-9-5-6-15-10-4-2-1-3-8(9)10/h1-4,9H,5-7H2,(H,13,14)/t9-/m0/s1. The molecule has 1 aliphatic heterocycles. The van der Waals surface area contributed by atoms with Gasteiger partial charge in [0.2, 0.25) is 5.91 Å². The first-order valence-corrected chi connectivity index (χ1v) is 5.42. The Hall–Kier alpha value is -1.22. The number of alkyl halides is 1. The van der Waals surface area contributed by atoms with E-state index in [4.69, 9.17) is 16.3 Å². The molecule has 0 radical (unpaired) electrons. The summed E-state index contributed by atoms with van der Waals surface area (Å²) < 4.78 is 5.48. The van der Waals surface area contributed by atoms with E-state index in [0.29, 0.717) is 6.61 Å². The van der Waals surface area contributed by atoms with Crippen LogP contribution in [0.3, 0.4) is 0 Å². The van der Waals surface area contributed by atoms with Crippen LogP contribution in [-0.4, -0.2) is 18.4 Å². The van der Waals surface area contributed by atoms with Gasteiger partial charge in [0.05, 0.1) is 12.6 Å². The fourth-order valence-corrected chi connectivity index (χ4v) is 1.80. The van der Waals surface area contributed by atoms with Crippen LogP contribution in [0, 0.1) is 0 Å². The Bertz CT molecular complexity index is 367. The largest absolute Gasteiger partial charge is 0.493 e. The maximum absolute atomic E-state index is 11.2. The lowest BCUT2D eigenvalue weighted by Crippen LogP contribution is -2.32. The van der Waals surface area contributed by atoms with Crippen LogP contribution in [0.1, 0.15) is 18.0 Å². The van der Waals surface area contributed by atoms with Gasteiger partial charge in [0, 0.05) is 12.0 Å². The van der Waals surface area contributed by atoms with Gasteiger partial charge in [-0.25, -0.2) is 0 Å². The lowest BCUT2D eigenvalue weighted by atomic mass is 10.0. The average molecular weight is 226 g/mol. The molecule has 4 heteroatoms. The molecule has 0 saturated heterocycles. The van der Waals surface area contributed by atoms with Crippen molar-refractivity contribution in [3.05, 3.63) is 29.8 Å². The molecule has 0 bridgehead atoms. The minimum absolute atomic E-state index is 0.000472. The minimum Gasteiger partial charge on any atom is -0.493 e. The van der Waals surface area contributed by atoms with Crippen molar-refractivity contribution in [2.45, 2.75) is 12.5 Å². The third kappa shape index (κ3) is 2.23. The van der Waals surface area contributed by atoms with Crippen molar-refractivity contribution in [2.24, 2.45) is 0 Å². The fourth-order valence-electron chi connectivity index (χ4n) is 1.72. The number of rotatable bonds is 2. The predicted molar refractivity (Wildman–Crippen MR) is 58.2 cm³/mol. The van der Waals surface area contributed by atoms with E-state index >= 15 is 0 Å². The SMILES string of the molecule is O=C(CCl)N[C@H]1CCOc2ccccc21. The van der Waals surface area contributed by atoms with Gasteiger partial charge in [-0.05, 0) is 6.07 Å². The summed E-state index contributed by atoms with van der Waals surface area (Å²) in [7, 11) is 0. The van der Waals surface area contributed by atoms with E-state index in [1.165, 1.54) is 0 Å². The van der Waals surface area contributed by atoms with Crippen LogP contribution in [0.15, 0.2) is 24.3 Å². The van der Waals surface area contributed by atoms with Crippen molar-refractivity contribution >= 4 is 17.5 Å². The van der Waals surface area contributed by atoms with Gasteiger partial charge in [0.1, 0.15) is 11.6 Å². The normalized spacial score (nSPS) is 18.9. The number of benzene rings is 1. The monoisotopic (exact) mass is 225 g/mol. The molecule has 1 amide bonds. The number of carbonyl (C=O) groups is 1. The maximum Gasteiger partial charge on any atom is 0.235 e. The fraction of sp³-hybridized carbons (Fsp3) is 0.364. The van der Waals surface area contributed by atoms with E-state index in [2.05, 4.69) is 5.32 Å². The van der Waals surface area contributed by atoms with Crippen molar-refractivity contribution in [3.63, 3.8) is 0 Å². The Labute approximate surface area is 93.4 Å². The molecule has 80 valence electrons. The van der Waals surface area contributed by atoms with Crippen LogP contribution in [0.25, 0.3) is 0 Å². The van der Waals surface area contributed by atoms with E-state index in [-0.39, 0.29) is 17.8 Å². The van der Waals surface area contributed by atoms with Crippen LogP contribution in [0.4, 0.5) is 0 Å². The molecule has 0 unspecified atom stereocenters. The number of fused-ring (bicyclic) bond motifs is 1. The zero-order valence-corrected chi connectivity index (χ0v) is 8.96. The van der Waals surface area contributed by atoms with Gasteiger partial charge in [-0.3, -0.25) is 4.79 Å². The number of carbonyl (C=O) groups excluding carboxylic acids is 1. The minimum atomic E-state index is -0.140. The highest BCUT2D eigenvalue weighted by Crippen LogP contribution is 2.31. The molecule has 1 aliphatic rings. The van der Waals surface area contributed by atoms with Crippen LogP contribution < -0.4 is 10.1 Å². The summed E-state index contributed by atoms with van der Waals surface area (Å²) in [6.07, 6.45) is 0.791. The highest BCUT2D eigenvalue weighted by Gasteiger charge is 2.21. The van der Waals surface area contributed by atoms with E-state index in [1.54, 1.807) is 0 Å². The lowest BCUT2D eigenvalue weighted by molar-refractivity contribution is -0.119. The van der Waals surface area contributed by atoms with Gasteiger partial charge in [-0.1, -0.05) is 18.2 Å². The number of hydrogen-bond donors (Lipinski definition) is 1. The molecule has 0 aliphatic carbocycles. The number of ether oxygens (including phenoxy) is 1. The molecule has 1 atom stereocenters. The third-order valence-corrected chi connectivity index (χ3v) is 2.66. The Morgan fingerprint density at radius 2 is 2.33 bits per heavy atom. The Morgan fingerprint density at radius 3 is 3.13 bits per heavy atom. The van der Waals surface area contributed by atoms with Gasteiger partial charge in [-0.15, -0.1) is 11.6 Å². The second-order valence-corrected chi connectivity index (χ2v) is 3.70. The molecule has 0 fully saturated rings. The van der Waals surface area contributed by atoms with Crippen molar-refractivity contribution in [1.82, 2.24) is 5.32 Å². The quantitative estimate of drug-likeness (QED) is 0.781. The molecular formula is C11H12ClNO2. The molecule has 0 spiro atoms. The maximum atomic E-state index is 11.2. The van der Waals surface area contributed by atoms with Gasteiger partial charge in [-0.2, -0.15) is 0 Å². The molecule has 15 heavy (non-hydrogen) atoms. The summed E-state index contributed by atoms with van der Waals surface area (Å²) in [6.45, 7) is 0.629. The topological polar surface area (TPSA) is 38.3 Å². The molecule has 1 N–H and O–H groups in total. The summed E-state index contributed by atoms with van der Waals surface area (Å²) in [4.78, 5) is 11.2. The average Bonchev–Trinajstić information content (AvgIpc) is 2.29. The second kappa shape index (κ2) is 4.53. The van der Waals surface area contributed by atoms with E-state index in [0.717, 1.165) is 17.7 Å². The summed E-state index contributed by atoms with van der Waals surface area (Å²) in [6, 6.07) is 7.76. The molecular weight excluding hydrogens is 214 g/mol. The molecule has 1 heterocycles. The number of amides is 1. The number of para-hydroxylation sites is 1. The first kappa shape index (κ1) is 10.3. The molecule has 0 saturated carbocycles. The zero-order chi connectivity index (χ0) is 10.7. The third-order valence-electron chi connectivity index (χ3n) is 2.42. The van der Waals surface area contributed by atoms with E-state index in [9.17, 15) is 4.79 Å². The Kier molecular flexibility index (Phi) is 3.11. The first-order chi connectivity index (χ1) is 7.31. The van der Waals surface area contributed by atoms with Gasteiger partial charge >= 0.3 is 0 Å². The highest BCUT2D eigenvalue weighted by molar-refractivity contribution is 6.27. The Balaban J connectivity index is 2.18. The van der Waals surface area contributed by atoms with Crippen molar-refractivity contribution < 1.29 is 9.53 Å². The molecule has 1 aromatic carbocycles. The second-order valence-electron chi connectivity index (χ2n) is 3.43. The van der Waals surface area contributed by atoms with Crippen LogP contribution in [-0.2, 0) is 4.79 Å². The summed E-state index contributed by atoms with van der Waals surface area (Å²) in [5, 5.41) is 2.87. The highest BCUT2D eigenvalue weighted by atomic mass is 35.5. The summed E-state index contributed by atoms with van der Waals surface area (Å²) in [5.41, 5.74) is 1.03. The van der Waals surface area contributed by atoms with Crippen molar-refractivity contribution in [3.8, 4) is 5.75 Å². The van der Waals surface area contributed by atoms with Gasteiger partial charge in [0.15, 0.2) is 0 Å². The van der Waals surface area contributed by atoms with Crippen molar-refractivity contribution in [1.29, 1.82) is 0 Å². The molecule has 1 aromatic rings. The number of nitrogens with one attached hydrogen (secondary N) is 1. The van der Waals surface area contributed by atoms with Crippen LogP contribution in [0.2, 0.25) is 0 Å². The number of hydrogen-bond acceptors (Lipinski definition) is 2. The summed E-state index contributed by atoms with van der Waals surface area (Å²) >= 11 is 5.46. The first-order valence-electron chi connectivity index (χ1n) is 4.88.